The molecule has 24 heavy (non-hydrogen) atoms. The van der Waals surface area contributed by atoms with Crippen LogP contribution in [0.3, 0.4) is 0 Å². The lowest BCUT2D eigenvalue weighted by Crippen LogP contribution is -2.12. The highest BCUT2D eigenvalue weighted by atomic mass is 16.7. The van der Waals surface area contributed by atoms with E-state index < -0.39 is 0 Å². The molecule has 0 spiro atoms. The van der Waals surface area contributed by atoms with Crippen molar-refractivity contribution in [2.45, 2.75) is 32.6 Å². The molecular weight excluding hydrogens is 306 g/mol. The molecule has 0 radical (unpaired) electrons. The third-order valence-corrected chi connectivity index (χ3v) is 4.22. The molecule has 6 nitrogen and oxygen atoms in total. The first-order valence-electron chi connectivity index (χ1n) is 8.18. The Kier molecular flexibility index (Phi) is 5.05. The van der Waals surface area contributed by atoms with Crippen LogP contribution in [0.5, 0.6) is 5.75 Å². The van der Waals surface area contributed by atoms with E-state index in [-0.39, 0.29) is 6.79 Å². The van der Waals surface area contributed by atoms with Crippen LogP contribution in [0, 0.1) is 0 Å². The minimum atomic E-state index is 0.121. The smallest absolute Gasteiger partial charge is 0.189 e. The van der Waals surface area contributed by atoms with Crippen molar-refractivity contribution in [2.75, 3.05) is 19.1 Å². The summed E-state index contributed by atoms with van der Waals surface area (Å²) < 4.78 is 11.0. The van der Waals surface area contributed by atoms with Crippen LogP contribution in [0.4, 0.5) is 5.82 Å². The minimum Gasteiger partial charge on any atom is -0.467 e. The molecule has 1 aliphatic carbocycles. The first kappa shape index (κ1) is 16.4. The fourth-order valence-corrected chi connectivity index (χ4v) is 3.01. The normalized spacial score (nSPS) is 13.4. The number of aromatic nitrogens is 2. The summed E-state index contributed by atoms with van der Waals surface area (Å²) in [6.07, 6.45) is 4.85. The zero-order valence-corrected chi connectivity index (χ0v) is 13.7. The first-order chi connectivity index (χ1) is 11.7. The second-order valence-corrected chi connectivity index (χ2v) is 5.73. The van der Waals surface area contributed by atoms with Crippen LogP contribution in [-0.4, -0.2) is 29.9 Å². The number of carbonyl (C=O) groups is 1. The van der Waals surface area contributed by atoms with Gasteiger partial charge in [-0.15, -0.1) is 10.2 Å². The van der Waals surface area contributed by atoms with E-state index in [0.29, 0.717) is 23.7 Å². The first-order valence-corrected chi connectivity index (χ1v) is 8.18. The molecule has 6 heteroatoms. The fraction of sp³-hybridized carbons (Fsp3) is 0.389. The molecule has 0 fully saturated rings. The number of benzene rings is 1. The number of nitrogens with two attached hydrogens (primary N) is 1. The highest BCUT2D eigenvalue weighted by Crippen LogP contribution is 2.36. The molecule has 1 aliphatic rings. The predicted molar refractivity (Wildman–Crippen MR) is 91.0 cm³/mol. The van der Waals surface area contributed by atoms with Crippen molar-refractivity contribution in [1.29, 1.82) is 0 Å². The topological polar surface area (TPSA) is 87.3 Å². The van der Waals surface area contributed by atoms with Gasteiger partial charge in [-0.1, -0.05) is 6.07 Å². The van der Waals surface area contributed by atoms with E-state index in [1.54, 1.807) is 12.1 Å². The van der Waals surface area contributed by atoms with E-state index >= 15 is 0 Å². The third kappa shape index (κ3) is 3.23. The van der Waals surface area contributed by atoms with Crippen LogP contribution in [0.15, 0.2) is 18.2 Å². The van der Waals surface area contributed by atoms with Gasteiger partial charge in [0.25, 0.3) is 0 Å². The molecule has 1 heterocycles. The zero-order chi connectivity index (χ0) is 16.9. The van der Waals surface area contributed by atoms with Crippen molar-refractivity contribution in [1.82, 2.24) is 10.2 Å². The minimum absolute atomic E-state index is 0.121. The number of carbonyl (C=O) groups excluding carboxylic acids is 1. The summed E-state index contributed by atoms with van der Waals surface area (Å²) in [5.74, 6) is 1.08. The molecule has 1 aromatic carbocycles. The largest absolute Gasteiger partial charge is 0.467 e. The average Bonchev–Trinajstić information content (AvgIpc) is 2.63. The van der Waals surface area contributed by atoms with Crippen LogP contribution in [-0.2, 0) is 17.6 Å². The van der Waals surface area contributed by atoms with Crippen LogP contribution in [0.25, 0.3) is 11.3 Å². The molecular formula is C18H21N3O3. The van der Waals surface area contributed by atoms with Gasteiger partial charge in [0.1, 0.15) is 23.5 Å². The van der Waals surface area contributed by atoms with Gasteiger partial charge in [0.15, 0.2) is 6.79 Å². The average molecular weight is 327 g/mol. The second kappa shape index (κ2) is 7.40. The Morgan fingerprint density at radius 1 is 1.21 bits per heavy atom. The number of nitrogens with zero attached hydrogens (tertiary/aromatic N) is 2. The van der Waals surface area contributed by atoms with E-state index in [1.807, 2.05) is 13.0 Å². The Bertz CT molecular complexity index is 747. The SMILES string of the molecule is CCOCOc1cc(C=O)ccc1-c1nnc(N)c2c1CCCC2. The standard InChI is InChI=1S/C18H21N3O3/c1-2-23-11-24-16-9-12(10-22)7-8-15(16)17-13-5-3-4-6-14(13)18(19)21-20-17/h7-10H,2-6,11H2,1H3,(H2,19,21). The van der Waals surface area contributed by atoms with Crippen molar-refractivity contribution in [3.05, 3.63) is 34.9 Å². The maximum absolute atomic E-state index is 11.1. The number of fused-ring (bicyclic) bond motifs is 1. The van der Waals surface area contributed by atoms with Gasteiger partial charge in [0, 0.05) is 23.3 Å². The summed E-state index contributed by atoms with van der Waals surface area (Å²) >= 11 is 0. The van der Waals surface area contributed by atoms with Gasteiger partial charge < -0.3 is 15.2 Å². The molecule has 0 bridgehead atoms. The van der Waals surface area contributed by atoms with E-state index in [4.69, 9.17) is 15.2 Å². The van der Waals surface area contributed by atoms with Gasteiger partial charge in [0.05, 0.1) is 0 Å². The maximum atomic E-state index is 11.1. The van der Waals surface area contributed by atoms with Crippen molar-refractivity contribution in [2.24, 2.45) is 0 Å². The van der Waals surface area contributed by atoms with Crippen LogP contribution >= 0.6 is 0 Å². The highest BCUT2D eigenvalue weighted by Gasteiger charge is 2.21. The van der Waals surface area contributed by atoms with Crippen LogP contribution in [0.2, 0.25) is 0 Å². The molecule has 0 unspecified atom stereocenters. The summed E-state index contributed by atoms with van der Waals surface area (Å²) in [6.45, 7) is 2.57. The van der Waals surface area contributed by atoms with Crippen LogP contribution in [0.1, 0.15) is 41.3 Å². The van der Waals surface area contributed by atoms with Gasteiger partial charge >= 0.3 is 0 Å². The molecule has 1 aromatic heterocycles. The van der Waals surface area contributed by atoms with E-state index in [2.05, 4.69) is 10.2 Å². The van der Waals surface area contributed by atoms with Gasteiger partial charge in [-0.05, 0) is 50.3 Å². The van der Waals surface area contributed by atoms with Crippen LogP contribution < -0.4 is 10.5 Å². The Labute approximate surface area is 141 Å². The number of hydrogen-bond donors (Lipinski definition) is 1. The maximum Gasteiger partial charge on any atom is 0.189 e. The Morgan fingerprint density at radius 2 is 2.00 bits per heavy atom. The third-order valence-electron chi connectivity index (χ3n) is 4.22. The predicted octanol–water partition coefficient (Wildman–Crippen LogP) is 2.79. The van der Waals surface area contributed by atoms with Crippen molar-refractivity contribution < 1.29 is 14.3 Å². The van der Waals surface area contributed by atoms with Crippen molar-refractivity contribution >= 4 is 12.1 Å². The molecule has 0 amide bonds. The number of ether oxygens (including phenoxy) is 2. The Balaban J connectivity index is 2.07. The lowest BCUT2D eigenvalue weighted by Gasteiger charge is -2.20. The van der Waals surface area contributed by atoms with Gasteiger partial charge in [-0.3, -0.25) is 4.79 Å². The Hall–Kier alpha value is -2.47. The number of nitrogen functional groups attached to an aromatic ring is 1. The quantitative estimate of drug-likeness (QED) is 0.499. The number of aldehydes is 1. The van der Waals surface area contributed by atoms with Crippen molar-refractivity contribution in [3.8, 4) is 17.0 Å². The summed E-state index contributed by atoms with van der Waals surface area (Å²) in [7, 11) is 0. The highest BCUT2D eigenvalue weighted by molar-refractivity contribution is 5.80. The number of anilines is 1. The van der Waals surface area contributed by atoms with Gasteiger partial charge in [-0.25, -0.2) is 0 Å². The van der Waals surface area contributed by atoms with E-state index in [0.717, 1.165) is 54.4 Å². The molecule has 0 saturated carbocycles. The lowest BCUT2D eigenvalue weighted by atomic mass is 9.89. The summed E-state index contributed by atoms with van der Waals surface area (Å²) in [6, 6.07) is 5.30. The second-order valence-electron chi connectivity index (χ2n) is 5.73. The molecule has 2 N–H and O–H groups in total. The number of rotatable bonds is 6. The molecule has 0 saturated heterocycles. The van der Waals surface area contributed by atoms with E-state index in [1.165, 1.54) is 0 Å². The van der Waals surface area contributed by atoms with Gasteiger partial charge in [-0.2, -0.15) is 0 Å². The van der Waals surface area contributed by atoms with Gasteiger partial charge in [0.2, 0.25) is 0 Å². The lowest BCUT2D eigenvalue weighted by molar-refractivity contribution is 0.0227. The fourth-order valence-electron chi connectivity index (χ4n) is 3.01. The van der Waals surface area contributed by atoms with Crippen molar-refractivity contribution in [3.63, 3.8) is 0 Å². The summed E-state index contributed by atoms with van der Waals surface area (Å²) in [5.41, 5.74) is 10.4. The monoisotopic (exact) mass is 327 g/mol. The van der Waals surface area contributed by atoms with E-state index in [9.17, 15) is 4.79 Å². The molecule has 126 valence electrons. The molecule has 3 rings (SSSR count). The zero-order valence-electron chi connectivity index (χ0n) is 13.7. The molecule has 0 atom stereocenters. The summed E-state index contributed by atoms with van der Waals surface area (Å²) in [5, 5.41) is 8.44. The number of hydrogen-bond acceptors (Lipinski definition) is 6. The molecule has 0 aliphatic heterocycles. The Morgan fingerprint density at radius 3 is 2.75 bits per heavy atom. The molecule has 2 aromatic rings. The summed E-state index contributed by atoms with van der Waals surface area (Å²) in [4.78, 5) is 11.1.